The number of carbonyl (C=O) groups excluding carboxylic acids is 1. The van der Waals surface area contributed by atoms with Gasteiger partial charge in [0.2, 0.25) is 11.7 Å². The smallest absolute Gasteiger partial charge is 0.321 e. The quantitative estimate of drug-likeness (QED) is 0.665. The number of methoxy groups -OCH3 is 1. The lowest BCUT2D eigenvalue weighted by atomic mass is 9.97. The minimum atomic E-state index is -0.141. The van der Waals surface area contributed by atoms with Gasteiger partial charge in [-0.15, -0.1) is 0 Å². The van der Waals surface area contributed by atoms with Gasteiger partial charge in [0.05, 0.1) is 12.8 Å². The fraction of sp³-hybridized carbons (Fsp3) is 0.286. The van der Waals surface area contributed by atoms with Gasteiger partial charge in [-0.25, -0.2) is 4.79 Å². The predicted molar refractivity (Wildman–Crippen MR) is 110 cm³/mol. The first-order valence-corrected chi connectivity index (χ1v) is 9.80. The summed E-state index contributed by atoms with van der Waals surface area (Å²) < 4.78 is 10.8. The van der Waals surface area contributed by atoms with Crippen LogP contribution < -0.4 is 10.1 Å². The molecule has 3 aromatic rings. The normalized spacial score (nSPS) is 14.6. The number of halogens is 1. The minimum absolute atomic E-state index is 0.130. The van der Waals surface area contributed by atoms with Gasteiger partial charge in [-0.1, -0.05) is 41.0 Å². The van der Waals surface area contributed by atoms with Crippen molar-refractivity contribution in [2.24, 2.45) is 0 Å². The van der Waals surface area contributed by atoms with E-state index in [9.17, 15) is 4.79 Å². The summed E-state index contributed by atoms with van der Waals surface area (Å²) in [4.78, 5) is 18.9. The molecule has 0 spiro atoms. The summed E-state index contributed by atoms with van der Waals surface area (Å²) in [5.74, 6) is 1.89. The number of rotatable bonds is 4. The molecule has 1 fully saturated rings. The average Bonchev–Trinajstić information content (AvgIpc) is 3.24. The third-order valence-corrected chi connectivity index (χ3v) is 5.24. The number of anilines is 1. The van der Waals surface area contributed by atoms with E-state index in [4.69, 9.17) is 20.9 Å². The number of benzene rings is 2. The minimum Gasteiger partial charge on any atom is -0.495 e. The number of ether oxygens (including phenoxy) is 1. The van der Waals surface area contributed by atoms with Crippen molar-refractivity contribution >= 4 is 23.3 Å². The first-order chi connectivity index (χ1) is 14.1. The van der Waals surface area contributed by atoms with Crippen LogP contribution in [0.5, 0.6) is 5.75 Å². The number of piperidine rings is 1. The molecule has 2 heterocycles. The summed E-state index contributed by atoms with van der Waals surface area (Å²) in [6, 6.07) is 14.6. The van der Waals surface area contributed by atoms with E-state index in [1.807, 2.05) is 36.4 Å². The van der Waals surface area contributed by atoms with E-state index < -0.39 is 0 Å². The van der Waals surface area contributed by atoms with Crippen LogP contribution >= 0.6 is 11.6 Å². The lowest BCUT2D eigenvalue weighted by Gasteiger charge is -2.30. The molecular weight excluding hydrogens is 392 g/mol. The Morgan fingerprint density at radius 2 is 2.00 bits per heavy atom. The molecule has 29 heavy (non-hydrogen) atoms. The molecule has 1 aliphatic rings. The van der Waals surface area contributed by atoms with Gasteiger partial charge in [-0.2, -0.15) is 4.98 Å². The van der Waals surface area contributed by atoms with Crippen LogP contribution in [0.4, 0.5) is 10.5 Å². The van der Waals surface area contributed by atoms with Crippen molar-refractivity contribution in [2.45, 2.75) is 18.8 Å². The second-order valence-electron chi connectivity index (χ2n) is 6.86. The molecule has 0 saturated carbocycles. The van der Waals surface area contributed by atoms with E-state index >= 15 is 0 Å². The maximum absolute atomic E-state index is 12.6. The van der Waals surface area contributed by atoms with Crippen LogP contribution in [0, 0.1) is 0 Å². The van der Waals surface area contributed by atoms with Crippen LogP contribution in [0.15, 0.2) is 53.1 Å². The lowest BCUT2D eigenvalue weighted by molar-refractivity contribution is 0.187. The largest absolute Gasteiger partial charge is 0.495 e. The van der Waals surface area contributed by atoms with Gasteiger partial charge in [0.1, 0.15) is 5.75 Å². The molecule has 1 saturated heterocycles. The van der Waals surface area contributed by atoms with Crippen LogP contribution in [-0.2, 0) is 0 Å². The highest BCUT2D eigenvalue weighted by Gasteiger charge is 2.28. The standard InChI is InChI=1S/C21H21ClN4O3/c1-28-18-8-3-2-7-17(18)23-21(27)26-11-9-14(10-12-26)20-24-19(25-29-20)15-5-4-6-16(22)13-15/h2-8,13-14H,9-12H2,1H3,(H,23,27). The summed E-state index contributed by atoms with van der Waals surface area (Å²) in [7, 11) is 1.58. The van der Waals surface area contributed by atoms with Crippen molar-refractivity contribution in [1.82, 2.24) is 15.0 Å². The maximum atomic E-state index is 12.6. The van der Waals surface area contributed by atoms with E-state index in [1.165, 1.54) is 0 Å². The van der Waals surface area contributed by atoms with Gasteiger partial charge in [0.15, 0.2) is 0 Å². The highest BCUT2D eigenvalue weighted by molar-refractivity contribution is 6.30. The Hall–Kier alpha value is -3.06. The SMILES string of the molecule is COc1ccccc1NC(=O)N1CCC(c2nc(-c3cccc(Cl)c3)no2)CC1. The molecular formula is C21H21ClN4O3. The number of amides is 2. The third kappa shape index (κ3) is 4.35. The van der Waals surface area contributed by atoms with Gasteiger partial charge in [0, 0.05) is 29.6 Å². The summed E-state index contributed by atoms with van der Waals surface area (Å²) >= 11 is 6.04. The van der Waals surface area contributed by atoms with Crippen molar-refractivity contribution in [3.05, 3.63) is 59.4 Å². The Bertz CT molecular complexity index is 999. The molecule has 0 atom stereocenters. The topological polar surface area (TPSA) is 80.5 Å². The molecule has 1 N–H and O–H groups in total. The number of carbonyl (C=O) groups is 1. The number of hydrogen-bond donors (Lipinski definition) is 1. The molecule has 150 valence electrons. The summed E-state index contributed by atoms with van der Waals surface area (Å²) in [5.41, 5.74) is 1.48. The van der Waals surface area contributed by atoms with Gasteiger partial charge in [0.25, 0.3) is 0 Å². The Morgan fingerprint density at radius 1 is 1.21 bits per heavy atom. The Balaban J connectivity index is 1.36. The first-order valence-electron chi connectivity index (χ1n) is 9.42. The van der Waals surface area contributed by atoms with Crippen molar-refractivity contribution in [3.63, 3.8) is 0 Å². The van der Waals surface area contributed by atoms with E-state index in [0.717, 1.165) is 18.4 Å². The fourth-order valence-corrected chi connectivity index (χ4v) is 3.61. The highest BCUT2D eigenvalue weighted by atomic mass is 35.5. The monoisotopic (exact) mass is 412 g/mol. The molecule has 7 nitrogen and oxygen atoms in total. The molecule has 8 heteroatoms. The van der Waals surface area contributed by atoms with Gasteiger partial charge in [-0.3, -0.25) is 0 Å². The lowest BCUT2D eigenvalue weighted by Crippen LogP contribution is -2.40. The van der Waals surface area contributed by atoms with Crippen molar-refractivity contribution < 1.29 is 14.1 Å². The first kappa shape index (κ1) is 19.3. The van der Waals surface area contributed by atoms with Crippen molar-refractivity contribution in [3.8, 4) is 17.1 Å². The van der Waals surface area contributed by atoms with E-state index in [-0.39, 0.29) is 11.9 Å². The van der Waals surface area contributed by atoms with E-state index in [2.05, 4.69) is 15.5 Å². The van der Waals surface area contributed by atoms with Crippen LogP contribution in [0.3, 0.4) is 0 Å². The Labute approximate surface area is 173 Å². The second kappa shape index (κ2) is 8.53. The molecule has 0 unspecified atom stereocenters. The van der Waals surface area contributed by atoms with Gasteiger partial charge < -0.3 is 19.5 Å². The number of urea groups is 1. The highest BCUT2D eigenvalue weighted by Crippen LogP contribution is 2.30. The number of nitrogens with zero attached hydrogens (tertiary/aromatic N) is 3. The molecule has 2 aromatic carbocycles. The van der Waals surface area contributed by atoms with Crippen molar-refractivity contribution in [2.75, 3.05) is 25.5 Å². The molecule has 4 rings (SSSR count). The third-order valence-electron chi connectivity index (χ3n) is 5.00. The van der Waals surface area contributed by atoms with Crippen molar-refractivity contribution in [1.29, 1.82) is 0 Å². The number of nitrogens with one attached hydrogen (secondary N) is 1. The van der Waals surface area contributed by atoms with E-state index in [1.54, 1.807) is 24.1 Å². The Morgan fingerprint density at radius 3 is 2.76 bits per heavy atom. The summed E-state index contributed by atoms with van der Waals surface area (Å²) in [6.07, 6.45) is 1.52. The van der Waals surface area contributed by atoms with Gasteiger partial charge >= 0.3 is 6.03 Å². The second-order valence-corrected chi connectivity index (χ2v) is 7.29. The van der Waals surface area contributed by atoms with Crippen LogP contribution in [0.1, 0.15) is 24.7 Å². The molecule has 2 amide bonds. The van der Waals surface area contributed by atoms with Crippen LogP contribution in [0.25, 0.3) is 11.4 Å². The average molecular weight is 413 g/mol. The predicted octanol–water partition coefficient (Wildman–Crippen LogP) is 4.81. The maximum Gasteiger partial charge on any atom is 0.321 e. The number of hydrogen-bond acceptors (Lipinski definition) is 5. The zero-order valence-electron chi connectivity index (χ0n) is 16.0. The molecule has 1 aliphatic heterocycles. The summed E-state index contributed by atoms with van der Waals surface area (Å²) in [6.45, 7) is 1.22. The number of para-hydroxylation sites is 2. The van der Waals surface area contributed by atoms with Crippen LogP contribution in [-0.4, -0.2) is 41.3 Å². The fourth-order valence-electron chi connectivity index (χ4n) is 3.42. The number of aromatic nitrogens is 2. The molecule has 0 aliphatic carbocycles. The summed E-state index contributed by atoms with van der Waals surface area (Å²) in [5, 5.41) is 7.62. The van der Waals surface area contributed by atoms with Gasteiger partial charge in [-0.05, 0) is 37.1 Å². The zero-order chi connectivity index (χ0) is 20.2. The Kier molecular flexibility index (Phi) is 5.67. The molecule has 1 aromatic heterocycles. The zero-order valence-corrected chi connectivity index (χ0v) is 16.7. The number of likely N-dealkylation sites (tertiary alicyclic amines) is 1. The molecule has 0 bridgehead atoms. The van der Waals surface area contributed by atoms with E-state index in [0.29, 0.717) is 41.3 Å². The van der Waals surface area contributed by atoms with Crippen LogP contribution in [0.2, 0.25) is 5.02 Å². The molecule has 0 radical (unpaired) electrons.